The number of nitrogens with two attached hydrogens (primary N) is 1. The normalized spacial score (nSPS) is 23.6. The maximum Gasteiger partial charge on any atom is 0.123 e. The van der Waals surface area contributed by atoms with E-state index < -0.39 is 0 Å². The summed E-state index contributed by atoms with van der Waals surface area (Å²) in [6.07, 6.45) is 2.40. The van der Waals surface area contributed by atoms with Crippen molar-refractivity contribution < 1.29 is 4.39 Å². The molecule has 0 aromatic heterocycles. The van der Waals surface area contributed by atoms with Gasteiger partial charge in [-0.05, 0) is 44.0 Å². The number of hydrogen-bond donors (Lipinski definition) is 1. The number of halogens is 1. The van der Waals surface area contributed by atoms with Crippen LogP contribution in [-0.2, 0) is 0 Å². The predicted molar refractivity (Wildman–Crippen MR) is 63.6 cm³/mol. The SMILES string of the molecule is CC(c1ccc(F)cc1)N1CCCC1CN. The van der Waals surface area contributed by atoms with E-state index >= 15 is 0 Å². The van der Waals surface area contributed by atoms with Gasteiger partial charge in [0.1, 0.15) is 5.82 Å². The Morgan fingerprint density at radius 2 is 2.12 bits per heavy atom. The molecule has 1 heterocycles. The predicted octanol–water partition coefficient (Wildman–Crippen LogP) is 2.31. The molecule has 3 heteroatoms. The highest BCUT2D eigenvalue weighted by molar-refractivity contribution is 5.20. The summed E-state index contributed by atoms with van der Waals surface area (Å²) in [7, 11) is 0. The highest BCUT2D eigenvalue weighted by Crippen LogP contribution is 2.28. The van der Waals surface area contributed by atoms with E-state index in [4.69, 9.17) is 5.73 Å². The summed E-state index contributed by atoms with van der Waals surface area (Å²) < 4.78 is 12.8. The molecule has 0 spiro atoms. The van der Waals surface area contributed by atoms with Crippen molar-refractivity contribution in [2.24, 2.45) is 5.73 Å². The Labute approximate surface area is 96.2 Å². The fraction of sp³-hybridized carbons (Fsp3) is 0.538. The van der Waals surface area contributed by atoms with Crippen LogP contribution in [0.25, 0.3) is 0 Å². The molecule has 0 bridgehead atoms. The van der Waals surface area contributed by atoms with E-state index in [2.05, 4.69) is 11.8 Å². The van der Waals surface area contributed by atoms with Crippen LogP contribution in [-0.4, -0.2) is 24.0 Å². The molecule has 0 aliphatic carbocycles. The van der Waals surface area contributed by atoms with E-state index in [1.165, 1.54) is 30.5 Å². The molecule has 0 saturated carbocycles. The third-order valence-corrected chi connectivity index (χ3v) is 3.54. The number of hydrogen-bond acceptors (Lipinski definition) is 2. The van der Waals surface area contributed by atoms with Gasteiger partial charge in [-0.1, -0.05) is 12.1 Å². The zero-order valence-electron chi connectivity index (χ0n) is 9.70. The minimum atomic E-state index is -0.173. The van der Waals surface area contributed by atoms with Crippen LogP contribution in [0.2, 0.25) is 0 Å². The molecule has 2 atom stereocenters. The first-order valence-corrected chi connectivity index (χ1v) is 5.93. The zero-order chi connectivity index (χ0) is 11.5. The van der Waals surface area contributed by atoms with Crippen LogP contribution in [0.5, 0.6) is 0 Å². The van der Waals surface area contributed by atoms with Gasteiger partial charge in [0, 0.05) is 18.6 Å². The fourth-order valence-corrected chi connectivity index (χ4v) is 2.55. The molecule has 2 nitrogen and oxygen atoms in total. The van der Waals surface area contributed by atoms with E-state index in [1.54, 1.807) is 0 Å². The molecular weight excluding hydrogens is 203 g/mol. The largest absolute Gasteiger partial charge is 0.329 e. The van der Waals surface area contributed by atoms with Crippen LogP contribution >= 0.6 is 0 Å². The second kappa shape index (κ2) is 4.93. The summed E-state index contributed by atoms with van der Waals surface area (Å²) in [6, 6.07) is 7.60. The molecule has 1 saturated heterocycles. The van der Waals surface area contributed by atoms with Crippen LogP contribution < -0.4 is 5.73 Å². The maximum atomic E-state index is 12.8. The van der Waals surface area contributed by atoms with Crippen LogP contribution in [0.1, 0.15) is 31.4 Å². The molecule has 2 rings (SSSR count). The molecule has 1 aliphatic heterocycles. The van der Waals surface area contributed by atoms with Crippen molar-refractivity contribution in [2.45, 2.75) is 31.8 Å². The topological polar surface area (TPSA) is 29.3 Å². The van der Waals surface area contributed by atoms with Crippen molar-refractivity contribution in [3.05, 3.63) is 35.6 Å². The van der Waals surface area contributed by atoms with Crippen molar-refractivity contribution in [3.8, 4) is 0 Å². The van der Waals surface area contributed by atoms with Crippen LogP contribution in [0, 0.1) is 5.82 Å². The highest BCUT2D eigenvalue weighted by Gasteiger charge is 2.27. The Morgan fingerprint density at radius 3 is 2.75 bits per heavy atom. The van der Waals surface area contributed by atoms with Gasteiger partial charge in [-0.3, -0.25) is 4.90 Å². The van der Waals surface area contributed by atoms with Crippen LogP contribution in [0.15, 0.2) is 24.3 Å². The maximum absolute atomic E-state index is 12.8. The number of nitrogens with zero attached hydrogens (tertiary/aromatic N) is 1. The first kappa shape index (κ1) is 11.6. The third-order valence-electron chi connectivity index (χ3n) is 3.54. The molecule has 0 amide bonds. The second-order valence-electron chi connectivity index (χ2n) is 4.50. The van der Waals surface area contributed by atoms with Crippen molar-refractivity contribution in [1.82, 2.24) is 4.90 Å². The zero-order valence-corrected chi connectivity index (χ0v) is 9.70. The average molecular weight is 222 g/mol. The molecule has 88 valence electrons. The lowest BCUT2D eigenvalue weighted by Crippen LogP contribution is -2.37. The molecule has 2 N–H and O–H groups in total. The van der Waals surface area contributed by atoms with E-state index in [0.29, 0.717) is 18.6 Å². The Kier molecular flexibility index (Phi) is 3.56. The van der Waals surface area contributed by atoms with E-state index in [1.807, 2.05) is 12.1 Å². The Bertz CT molecular complexity index is 336. The van der Waals surface area contributed by atoms with Crippen molar-refractivity contribution in [3.63, 3.8) is 0 Å². The molecule has 1 aromatic rings. The first-order chi connectivity index (χ1) is 7.72. The minimum absolute atomic E-state index is 0.173. The first-order valence-electron chi connectivity index (χ1n) is 5.93. The molecule has 2 unspecified atom stereocenters. The van der Waals surface area contributed by atoms with Gasteiger partial charge in [-0.15, -0.1) is 0 Å². The molecular formula is C13H19FN2. The van der Waals surface area contributed by atoms with E-state index in [9.17, 15) is 4.39 Å². The van der Waals surface area contributed by atoms with Gasteiger partial charge in [0.15, 0.2) is 0 Å². The molecule has 1 aliphatic rings. The summed E-state index contributed by atoms with van der Waals surface area (Å²) in [5.74, 6) is -0.173. The van der Waals surface area contributed by atoms with Gasteiger partial charge >= 0.3 is 0 Å². The molecule has 0 radical (unpaired) electrons. The lowest BCUT2D eigenvalue weighted by molar-refractivity contribution is 0.197. The van der Waals surface area contributed by atoms with Gasteiger partial charge < -0.3 is 5.73 Å². The Balaban J connectivity index is 2.12. The monoisotopic (exact) mass is 222 g/mol. The summed E-state index contributed by atoms with van der Waals surface area (Å²) in [4.78, 5) is 2.42. The van der Waals surface area contributed by atoms with Crippen molar-refractivity contribution in [2.75, 3.05) is 13.1 Å². The summed E-state index contributed by atoms with van der Waals surface area (Å²) in [5, 5.41) is 0. The van der Waals surface area contributed by atoms with E-state index in [-0.39, 0.29) is 5.82 Å². The number of rotatable bonds is 3. The summed E-state index contributed by atoms with van der Waals surface area (Å²) >= 11 is 0. The van der Waals surface area contributed by atoms with Gasteiger partial charge in [-0.2, -0.15) is 0 Å². The lowest BCUT2D eigenvalue weighted by atomic mass is 10.1. The highest BCUT2D eigenvalue weighted by atomic mass is 19.1. The lowest BCUT2D eigenvalue weighted by Gasteiger charge is -2.30. The molecule has 1 fully saturated rings. The Hall–Kier alpha value is -0.930. The van der Waals surface area contributed by atoms with Crippen molar-refractivity contribution >= 4 is 0 Å². The fourth-order valence-electron chi connectivity index (χ4n) is 2.55. The molecule has 1 aromatic carbocycles. The standard InChI is InChI=1S/C13H19FN2/c1-10(11-4-6-12(14)7-5-11)16-8-2-3-13(16)9-15/h4-7,10,13H,2-3,8-9,15H2,1H3. The number of likely N-dealkylation sites (tertiary alicyclic amines) is 1. The van der Waals surface area contributed by atoms with Gasteiger partial charge in [-0.25, -0.2) is 4.39 Å². The van der Waals surface area contributed by atoms with Gasteiger partial charge in [0.2, 0.25) is 0 Å². The van der Waals surface area contributed by atoms with Crippen LogP contribution in [0.4, 0.5) is 4.39 Å². The van der Waals surface area contributed by atoms with Gasteiger partial charge in [0.05, 0.1) is 0 Å². The van der Waals surface area contributed by atoms with Gasteiger partial charge in [0.25, 0.3) is 0 Å². The van der Waals surface area contributed by atoms with E-state index in [0.717, 1.165) is 6.54 Å². The quantitative estimate of drug-likeness (QED) is 0.850. The average Bonchev–Trinajstić information content (AvgIpc) is 2.77. The van der Waals surface area contributed by atoms with Crippen LogP contribution in [0.3, 0.4) is 0 Å². The molecule has 16 heavy (non-hydrogen) atoms. The van der Waals surface area contributed by atoms with Crippen molar-refractivity contribution in [1.29, 1.82) is 0 Å². The Morgan fingerprint density at radius 1 is 1.44 bits per heavy atom. The smallest absolute Gasteiger partial charge is 0.123 e. The second-order valence-corrected chi connectivity index (χ2v) is 4.50. The minimum Gasteiger partial charge on any atom is -0.329 e. The number of benzene rings is 1. The summed E-state index contributed by atoms with van der Waals surface area (Å²) in [6.45, 7) is 3.98. The summed E-state index contributed by atoms with van der Waals surface area (Å²) in [5.41, 5.74) is 6.93. The third kappa shape index (κ3) is 2.25.